The van der Waals surface area contributed by atoms with E-state index < -0.39 is 17.7 Å². The number of rotatable bonds is 12. The number of imidazole rings is 1. The minimum Gasteiger partial charge on any atom is -0.443 e. The Morgan fingerprint density at radius 2 is 1.91 bits per heavy atom. The number of aromatic nitrogens is 2. The van der Waals surface area contributed by atoms with Crippen LogP contribution in [0.2, 0.25) is 0 Å². The second-order valence-corrected chi connectivity index (χ2v) is 8.72. The predicted molar refractivity (Wildman–Crippen MR) is 130 cm³/mol. The van der Waals surface area contributed by atoms with Gasteiger partial charge in [-0.25, -0.2) is 9.78 Å². The molecule has 10 nitrogen and oxygen atoms in total. The third-order valence-corrected chi connectivity index (χ3v) is 5.21. The van der Waals surface area contributed by atoms with Gasteiger partial charge in [0.25, 0.3) is 0 Å². The molecular weight excluding hydrogens is 450 g/mol. The first kappa shape index (κ1) is 26.1. The molecule has 188 valence electrons. The Labute approximate surface area is 204 Å². The molecule has 0 bridgehead atoms. The van der Waals surface area contributed by atoms with Crippen LogP contribution in [0, 0.1) is 0 Å². The Morgan fingerprint density at radius 1 is 1.14 bits per heavy atom. The molecule has 0 aliphatic rings. The summed E-state index contributed by atoms with van der Waals surface area (Å²) in [7, 11) is 0. The summed E-state index contributed by atoms with van der Waals surface area (Å²) in [6.45, 7) is 4.07. The van der Waals surface area contributed by atoms with E-state index in [4.69, 9.17) is 20.3 Å². The number of carbonyl (C=O) groups is 2. The Balaban J connectivity index is 1.81. The highest BCUT2D eigenvalue weighted by atomic mass is 16.5. The predicted octanol–water partition coefficient (Wildman–Crippen LogP) is 2.05. The molecule has 1 aromatic carbocycles. The number of ether oxygens (including phenoxy) is 2. The number of aliphatic hydroxyl groups is 1. The topological polar surface area (TPSA) is 140 Å². The summed E-state index contributed by atoms with van der Waals surface area (Å²) in [5, 5.41) is 14.4. The van der Waals surface area contributed by atoms with Crippen molar-refractivity contribution in [2.24, 2.45) is 5.73 Å². The van der Waals surface area contributed by atoms with E-state index in [1.54, 1.807) is 20.0 Å². The molecular formula is C25H33N5O5. The number of pyridine rings is 1. The number of benzene rings is 1. The van der Waals surface area contributed by atoms with Crippen molar-refractivity contribution in [3.8, 4) is 0 Å². The minimum absolute atomic E-state index is 0.0143. The Hall–Kier alpha value is -3.47. The Kier molecular flexibility index (Phi) is 9.18. The first-order valence-electron chi connectivity index (χ1n) is 11.5. The summed E-state index contributed by atoms with van der Waals surface area (Å²) in [4.78, 5) is 29.3. The van der Waals surface area contributed by atoms with E-state index in [0.717, 1.165) is 11.1 Å². The summed E-state index contributed by atoms with van der Waals surface area (Å²) >= 11 is 0. The zero-order valence-electron chi connectivity index (χ0n) is 20.1. The van der Waals surface area contributed by atoms with Crippen molar-refractivity contribution >= 4 is 17.5 Å². The quantitative estimate of drug-likeness (QED) is 0.289. The van der Waals surface area contributed by atoms with Gasteiger partial charge in [0, 0.05) is 13.2 Å². The molecule has 0 saturated carbocycles. The molecule has 0 saturated heterocycles. The number of nitrogens with zero attached hydrogens (tertiary/aromatic N) is 2. The standard InChI is InChI=1S/C25H33N5O5/c1-25(2,26)23(32)29-21(17-34-15-18-8-4-3-5-9-18)22-28-14-19-10-6-11-20(30(19)22)16-35-24(33)27-12-7-13-31/h3-6,8-11,14,21,31H,7,12-13,15-17,26H2,1-2H3,(H,27,33)(H,29,32)/t21-/m1/s1. The zero-order valence-corrected chi connectivity index (χ0v) is 20.1. The SMILES string of the molecule is CC(C)(N)C(=O)N[C@H](COCc1ccccc1)c1ncc2cccc(COC(=O)NCCCO)n12. The first-order chi connectivity index (χ1) is 16.8. The number of amides is 2. The van der Waals surface area contributed by atoms with E-state index in [0.29, 0.717) is 31.1 Å². The first-order valence-corrected chi connectivity index (χ1v) is 11.5. The van der Waals surface area contributed by atoms with Crippen LogP contribution < -0.4 is 16.4 Å². The number of aliphatic hydroxyl groups excluding tert-OH is 1. The molecule has 0 spiro atoms. The van der Waals surface area contributed by atoms with Crippen molar-refractivity contribution in [3.63, 3.8) is 0 Å². The van der Waals surface area contributed by atoms with Crippen molar-refractivity contribution in [1.29, 1.82) is 0 Å². The van der Waals surface area contributed by atoms with Gasteiger partial charge in [0.05, 0.1) is 36.2 Å². The molecule has 0 aliphatic heterocycles. The largest absolute Gasteiger partial charge is 0.443 e. The van der Waals surface area contributed by atoms with Gasteiger partial charge in [0.2, 0.25) is 5.91 Å². The second kappa shape index (κ2) is 12.3. The smallest absolute Gasteiger partial charge is 0.407 e. The fourth-order valence-corrected chi connectivity index (χ4v) is 3.36. The van der Waals surface area contributed by atoms with Crippen molar-refractivity contribution < 1.29 is 24.2 Å². The highest BCUT2D eigenvalue weighted by molar-refractivity contribution is 5.85. The maximum atomic E-state index is 12.7. The van der Waals surface area contributed by atoms with Crippen LogP contribution in [0.3, 0.4) is 0 Å². The molecule has 2 amide bonds. The van der Waals surface area contributed by atoms with E-state index in [1.165, 1.54) is 0 Å². The van der Waals surface area contributed by atoms with E-state index in [1.807, 2.05) is 52.9 Å². The van der Waals surface area contributed by atoms with Gasteiger partial charge in [-0.15, -0.1) is 0 Å². The van der Waals surface area contributed by atoms with Gasteiger partial charge in [-0.1, -0.05) is 36.4 Å². The highest BCUT2D eigenvalue weighted by Crippen LogP contribution is 2.20. The minimum atomic E-state index is -1.09. The van der Waals surface area contributed by atoms with Crippen molar-refractivity contribution in [1.82, 2.24) is 20.0 Å². The lowest BCUT2D eigenvalue weighted by atomic mass is 10.1. The van der Waals surface area contributed by atoms with Crippen molar-refractivity contribution in [3.05, 3.63) is 71.8 Å². The molecule has 0 aliphatic carbocycles. The third kappa shape index (κ3) is 7.51. The molecule has 35 heavy (non-hydrogen) atoms. The number of alkyl carbamates (subject to hydrolysis) is 1. The monoisotopic (exact) mass is 483 g/mol. The molecule has 3 aromatic rings. The van der Waals surface area contributed by atoms with Crippen LogP contribution in [-0.4, -0.2) is 51.8 Å². The van der Waals surface area contributed by atoms with Gasteiger partial charge in [-0.2, -0.15) is 0 Å². The lowest BCUT2D eigenvalue weighted by Crippen LogP contribution is -2.51. The highest BCUT2D eigenvalue weighted by Gasteiger charge is 2.28. The van der Waals surface area contributed by atoms with Crippen LogP contribution in [-0.2, 0) is 27.5 Å². The normalized spacial score (nSPS) is 12.3. The second-order valence-electron chi connectivity index (χ2n) is 8.72. The van der Waals surface area contributed by atoms with Crippen LogP contribution >= 0.6 is 0 Å². The van der Waals surface area contributed by atoms with Gasteiger partial charge in [-0.05, 0) is 38.0 Å². The lowest BCUT2D eigenvalue weighted by molar-refractivity contribution is -0.126. The van der Waals surface area contributed by atoms with E-state index in [2.05, 4.69) is 15.6 Å². The van der Waals surface area contributed by atoms with Gasteiger partial charge in [0.1, 0.15) is 18.5 Å². The number of hydrogen-bond acceptors (Lipinski definition) is 7. The average molecular weight is 484 g/mol. The van der Waals surface area contributed by atoms with Crippen molar-refractivity contribution in [2.45, 2.75) is 45.1 Å². The summed E-state index contributed by atoms with van der Waals surface area (Å²) < 4.78 is 13.1. The number of hydrogen-bond donors (Lipinski definition) is 4. The van der Waals surface area contributed by atoms with Crippen LogP contribution in [0.4, 0.5) is 4.79 Å². The molecule has 0 fully saturated rings. The maximum Gasteiger partial charge on any atom is 0.407 e. The molecule has 2 aromatic heterocycles. The van der Waals surface area contributed by atoms with E-state index >= 15 is 0 Å². The lowest BCUT2D eigenvalue weighted by Gasteiger charge is -2.24. The molecule has 2 heterocycles. The Bertz CT molecular complexity index is 1110. The zero-order chi connectivity index (χ0) is 25.3. The summed E-state index contributed by atoms with van der Waals surface area (Å²) in [5.74, 6) is 0.185. The average Bonchev–Trinajstić information content (AvgIpc) is 3.27. The third-order valence-electron chi connectivity index (χ3n) is 5.21. The van der Waals surface area contributed by atoms with Gasteiger partial charge >= 0.3 is 6.09 Å². The molecule has 5 N–H and O–H groups in total. The summed E-state index contributed by atoms with van der Waals surface area (Å²) in [6.07, 6.45) is 1.54. The van der Waals surface area contributed by atoms with Crippen LogP contribution in [0.1, 0.15) is 43.4 Å². The van der Waals surface area contributed by atoms with Crippen LogP contribution in [0.15, 0.2) is 54.7 Å². The number of nitrogens with one attached hydrogen (secondary N) is 2. The number of fused-ring (bicyclic) bond motifs is 1. The summed E-state index contributed by atoms with van der Waals surface area (Å²) in [5.41, 5.74) is 7.37. The molecule has 3 rings (SSSR count). The molecule has 1 atom stereocenters. The fourth-order valence-electron chi connectivity index (χ4n) is 3.36. The Morgan fingerprint density at radius 3 is 2.63 bits per heavy atom. The molecule has 10 heteroatoms. The summed E-state index contributed by atoms with van der Waals surface area (Å²) in [6, 6.07) is 14.6. The van der Waals surface area contributed by atoms with Crippen LogP contribution in [0.25, 0.3) is 5.52 Å². The van der Waals surface area contributed by atoms with Gasteiger partial charge in [0.15, 0.2) is 0 Å². The fraction of sp³-hybridized carbons (Fsp3) is 0.400. The van der Waals surface area contributed by atoms with Crippen LogP contribution in [0.5, 0.6) is 0 Å². The molecule has 0 radical (unpaired) electrons. The van der Waals surface area contributed by atoms with E-state index in [-0.39, 0.29) is 25.7 Å². The molecule has 0 unspecified atom stereocenters. The van der Waals surface area contributed by atoms with Gasteiger partial charge in [-0.3, -0.25) is 9.20 Å². The number of nitrogens with two attached hydrogens (primary N) is 1. The number of carbonyl (C=O) groups excluding carboxylic acids is 2. The van der Waals surface area contributed by atoms with Gasteiger partial charge < -0.3 is 30.9 Å². The maximum absolute atomic E-state index is 12.7. The van der Waals surface area contributed by atoms with E-state index in [9.17, 15) is 9.59 Å². The van der Waals surface area contributed by atoms with Crippen molar-refractivity contribution in [2.75, 3.05) is 19.8 Å².